The maximum atomic E-state index is 10.4. The molecule has 0 amide bonds. The number of rotatable bonds is 6. The maximum Gasteiger partial charge on any atom is 0.324 e. The van der Waals surface area contributed by atoms with Crippen molar-refractivity contribution in [2.75, 3.05) is 26.2 Å². The molecule has 0 spiro atoms. The number of hydrogen-bond donors (Lipinski definition) is 6. The number of aromatic hydroxyl groups is 2. The van der Waals surface area contributed by atoms with Crippen LogP contribution in [-0.2, 0) is 0 Å². The van der Waals surface area contributed by atoms with Crippen LogP contribution in [0.3, 0.4) is 0 Å². The van der Waals surface area contributed by atoms with Gasteiger partial charge in [0.1, 0.15) is 0 Å². The molecule has 3 rings (SSSR count). The normalized spacial score (nSPS) is 12.6. The zero-order chi connectivity index (χ0) is 30.6. The third-order valence-electron chi connectivity index (χ3n) is 4.32. The first-order chi connectivity index (χ1) is 18.7. The summed E-state index contributed by atoms with van der Waals surface area (Å²) >= 11 is 0. The third kappa shape index (κ3) is 9.30. The van der Waals surface area contributed by atoms with Gasteiger partial charge in [-0.1, -0.05) is 0 Å². The first kappa shape index (κ1) is 32.3. The lowest BCUT2D eigenvalue weighted by Gasteiger charge is -2.13. The number of non-ortho nitro benzene ring substituents is 2. The van der Waals surface area contributed by atoms with E-state index >= 15 is 0 Å². The largest absolute Gasteiger partial charge is 0.497 e. The Bertz CT molecular complexity index is 1130. The van der Waals surface area contributed by atoms with Crippen LogP contribution in [0.1, 0.15) is 0 Å². The van der Waals surface area contributed by atoms with Crippen molar-refractivity contribution in [3.05, 3.63) is 85.0 Å². The molecule has 6 N–H and O–H groups in total. The van der Waals surface area contributed by atoms with Crippen molar-refractivity contribution in [3.63, 3.8) is 0 Å². The minimum absolute atomic E-state index is 0.447. The lowest BCUT2D eigenvalue weighted by molar-refractivity contribution is -0.404. The average Bonchev–Trinajstić information content (AvgIpc) is 2.83. The molecule has 0 radical (unpaired) electrons. The van der Waals surface area contributed by atoms with Crippen LogP contribution in [0.25, 0.3) is 0 Å². The molecule has 0 saturated carbocycles. The van der Waals surface area contributed by atoms with Gasteiger partial charge in [0.05, 0.1) is 53.8 Å². The fourth-order valence-corrected chi connectivity index (χ4v) is 2.55. The second kappa shape index (κ2) is 14.9. The monoisotopic (exact) mass is 574 g/mol. The molecule has 0 unspecified atom stereocenters. The van der Waals surface area contributed by atoms with Gasteiger partial charge < -0.3 is 10.2 Å². The van der Waals surface area contributed by atoms with Gasteiger partial charge in [-0.25, -0.2) is 0 Å². The Morgan fingerprint density at radius 3 is 0.800 bits per heavy atom. The molecular formula is C16H18N10O14. The highest BCUT2D eigenvalue weighted by atomic mass is 16.7. The zero-order valence-corrected chi connectivity index (χ0v) is 19.6. The molecule has 1 aliphatic rings. The first-order valence-corrected chi connectivity index (χ1v) is 10.2. The van der Waals surface area contributed by atoms with E-state index in [0.29, 0.717) is 24.3 Å². The lowest BCUT2D eigenvalue weighted by atomic mass is 10.2. The summed E-state index contributed by atoms with van der Waals surface area (Å²) in [5.41, 5.74) is 6.14. The Morgan fingerprint density at radius 2 is 0.650 bits per heavy atom. The van der Waals surface area contributed by atoms with Gasteiger partial charge in [-0.15, -0.1) is 0 Å². The summed E-state index contributed by atoms with van der Waals surface area (Å²) in [7, 11) is 0. The van der Waals surface area contributed by atoms with E-state index in [1.165, 1.54) is 0 Å². The van der Waals surface area contributed by atoms with Crippen molar-refractivity contribution < 1.29 is 39.8 Å². The topological polar surface area (TPSA) is 347 Å². The van der Waals surface area contributed by atoms with E-state index in [9.17, 15) is 60.7 Å². The summed E-state index contributed by atoms with van der Waals surface area (Å²) in [6.45, 7) is 3.86. The van der Waals surface area contributed by atoms with Gasteiger partial charge in [0.25, 0.3) is 22.9 Å². The molecule has 0 atom stereocenters. The lowest BCUT2D eigenvalue weighted by Crippen LogP contribution is -2.49. The number of benzene rings is 2. The quantitative estimate of drug-likeness (QED) is 0.201. The molecule has 1 saturated heterocycles. The van der Waals surface area contributed by atoms with Crippen molar-refractivity contribution in [2.24, 2.45) is 0 Å². The van der Waals surface area contributed by atoms with Crippen molar-refractivity contribution in [3.8, 4) is 11.5 Å². The van der Waals surface area contributed by atoms with E-state index in [1.54, 1.807) is 0 Å². The fourth-order valence-electron chi connectivity index (χ4n) is 2.55. The Kier molecular flexibility index (Phi) is 12.0. The van der Waals surface area contributed by atoms with Crippen LogP contribution in [0.2, 0.25) is 0 Å². The number of nitro groups is 6. The minimum atomic E-state index is -1.21. The van der Waals surface area contributed by atoms with Crippen LogP contribution in [0.4, 0.5) is 34.1 Å². The fraction of sp³-hybridized carbons (Fsp3) is 0.250. The SMILES string of the molecule is C1CNNCCNN1.O=[N+]([O-])c1cc([N+](=O)[O-])c(O)c([N+](=O)[O-])c1.O=[N+]([O-])c1cc([N+](=O)[O-])c(O)c([N+](=O)[O-])c1. The summed E-state index contributed by atoms with van der Waals surface area (Å²) in [6, 6.07) is 1.79. The van der Waals surface area contributed by atoms with Crippen LogP contribution in [-0.4, -0.2) is 65.9 Å². The number of nitrogens with one attached hydrogen (secondary N) is 4. The summed E-state index contributed by atoms with van der Waals surface area (Å²) in [5.74, 6) is -2.42. The van der Waals surface area contributed by atoms with Crippen molar-refractivity contribution in [2.45, 2.75) is 0 Å². The number of phenolic OH excluding ortho intramolecular Hbond substituents is 2. The summed E-state index contributed by atoms with van der Waals surface area (Å²) in [5, 5.41) is 80.4. The van der Waals surface area contributed by atoms with Gasteiger partial charge in [-0.05, 0) is 0 Å². The Morgan fingerprint density at radius 1 is 0.450 bits per heavy atom. The molecule has 1 fully saturated rings. The number of hydrazine groups is 2. The molecule has 0 aromatic heterocycles. The number of nitrogens with zero attached hydrogens (tertiary/aromatic N) is 6. The first-order valence-electron chi connectivity index (χ1n) is 10.2. The van der Waals surface area contributed by atoms with Crippen LogP contribution < -0.4 is 21.7 Å². The van der Waals surface area contributed by atoms with Crippen LogP contribution in [0, 0.1) is 60.7 Å². The Balaban J connectivity index is 0.000000317. The number of hydrogen-bond acceptors (Lipinski definition) is 18. The Hall–Kier alpha value is -5.72. The molecule has 2 aromatic rings. The Labute approximate surface area is 219 Å². The minimum Gasteiger partial charge on any atom is -0.497 e. The van der Waals surface area contributed by atoms with E-state index in [4.69, 9.17) is 10.2 Å². The number of nitro benzene ring substituents is 6. The van der Waals surface area contributed by atoms with Crippen molar-refractivity contribution >= 4 is 34.1 Å². The molecule has 40 heavy (non-hydrogen) atoms. The average molecular weight is 574 g/mol. The van der Waals surface area contributed by atoms with Gasteiger partial charge in [0.15, 0.2) is 0 Å². The van der Waals surface area contributed by atoms with Gasteiger partial charge in [0.2, 0.25) is 0 Å². The van der Waals surface area contributed by atoms with Crippen molar-refractivity contribution in [1.82, 2.24) is 21.7 Å². The highest BCUT2D eigenvalue weighted by Crippen LogP contribution is 2.40. The van der Waals surface area contributed by atoms with Crippen LogP contribution in [0.15, 0.2) is 24.3 Å². The second-order valence-corrected chi connectivity index (χ2v) is 6.92. The van der Waals surface area contributed by atoms with E-state index in [0.717, 1.165) is 26.2 Å². The highest BCUT2D eigenvalue weighted by molar-refractivity contribution is 5.65. The predicted molar refractivity (Wildman–Crippen MR) is 128 cm³/mol. The highest BCUT2D eigenvalue weighted by Gasteiger charge is 2.31. The molecule has 1 aliphatic heterocycles. The molecule has 1 heterocycles. The molecule has 24 heteroatoms. The van der Waals surface area contributed by atoms with Gasteiger partial charge in [0, 0.05) is 26.2 Å². The molecule has 2 aromatic carbocycles. The molecule has 216 valence electrons. The van der Waals surface area contributed by atoms with Gasteiger partial charge in [-0.2, -0.15) is 0 Å². The van der Waals surface area contributed by atoms with E-state index < -0.39 is 75.2 Å². The van der Waals surface area contributed by atoms with Gasteiger partial charge in [-0.3, -0.25) is 82.4 Å². The summed E-state index contributed by atoms with van der Waals surface area (Å²) in [6.07, 6.45) is 0. The van der Waals surface area contributed by atoms with E-state index in [1.807, 2.05) is 0 Å². The molecule has 0 aliphatic carbocycles. The van der Waals surface area contributed by atoms with E-state index in [-0.39, 0.29) is 0 Å². The smallest absolute Gasteiger partial charge is 0.324 e. The van der Waals surface area contributed by atoms with Crippen LogP contribution in [0.5, 0.6) is 11.5 Å². The van der Waals surface area contributed by atoms with E-state index in [2.05, 4.69) is 21.7 Å². The van der Waals surface area contributed by atoms with Crippen LogP contribution >= 0.6 is 0 Å². The molecule has 0 bridgehead atoms. The third-order valence-corrected chi connectivity index (χ3v) is 4.32. The second-order valence-electron chi connectivity index (χ2n) is 6.92. The standard InChI is InChI=1S/2C6H3N3O7.C4H12N4/c2*10-6-4(8(13)14)1-3(7(11)12)2-5(6)9(15)16;1-2-6-8-4-3-7-5-1/h2*1-2,10H;5-8H,1-4H2. The summed E-state index contributed by atoms with van der Waals surface area (Å²) in [4.78, 5) is 55.5. The summed E-state index contributed by atoms with van der Waals surface area (Å²) < 4.78 is 0. The maximum absolute atomic E-state index is 10.4. The molecule has 24 nitrogen and oxygen atoms in total. The number of phenols is 2. The van der Waals surface area contributed by atoms with Gasteiger partial charge >= 0.3 is 22.7 Å². The van der Waals surface area contributed by atoms with Crippen molar-refractivity contribution in [1.29, 1.82) is 0 Å². The zero-order valence-electron chi connectivity index (χ0n) is 19.6. The molecular weight excluding hydrogens is 556 g/mol. The predicted octanol–water partition coefficient (Wildman–Crippen LogP) is 0.422.